The number of benzene rings is 1. The molecule has 6 heteroatoms. The molecule has 0 radical (unpaired) electrons. The summed E-state index contributed by atoms with van der Waals surface area (Å²) in [5.74, 6) is 1.08. The second-order valence-corrected chi connectivity index (χ2v) is 10.1. The molecule has 5 rings (SSSR count). The first-order valence-electron chi connectivity index (χ1n) is 11.9. The molecule has 1 aromatic heterocycles. The van der Waals surface area contributed by atoms with Crippen molar-refractivity contribution in [2.75, 3.05) is 13.2 Å². The minimum Gasteiger partial charge on any atom is -0.394 e. The summed E-state index contributed by atoms with van der Waals surface area (Å²) in [5.41, 5.74) is 5.41. The van der Waals surface area contributed by atoms with Crippen LogP contribution < -0.4 is 5.32 Å². The van der Waals surface area contributed by atoms with Crippen LogP contribution in [0, 0.1) is 23.1 Å². The first-order chi connectivity index (χ1) is 15.9. The minimum atomic E-state index is -0.947. The van der Waals surface area contributed by atoms with Gasteiger partial charge in [0.1, 0.15) is 5.82 Å². The Morgan fingerprint density at radius 2 is 2.15 bits per heavy atom. The highest BCUT2D eigenvalue weighted by molar-refractivity contribution is 5.94. The highest BCUT2D eigenvalue weighted by atomic mass is 19.1. The van der Waals surface area contributed by atoms with Gasteiger partial charge in [-0.15, -0.1) is 0 Å². The van der Waals surface area contributed by atoms with E-state index >= 15 is 0 Å². The van der Waals surface area contributed by atoms with Crippen molar-refractivity contribution in [3.8, 4) is 0 Å². The first kappa shape index (κ1) is 22.2. The quantitative estimate of drug-likeness (QED) is 0.646. The van der Waals surface area contributed by atoms with Crippen LogP contribution in [0.15, 0.2) is 42.7 Å². The van der Waals surface area contributed by atoms with Crippen LogP contribution in [0.25, 0.3) is 5.57 Å². The number of aliphatic hydroxyl groups is 2. The lowest BCUT2D eigenvalue weighted by Crippen LogP contribution is -2.41. The number of fused-ring (bicyclic) bond motifs is 5. The van der Waals surface area contributed by atoms with Crippen molar-refractivity contribution >= 4 is 11.5 Å². The van der Waals surface area contributed by atoms with Crippen molar-refractivity contribution in [1.82, 2.24) is 10.3 Å². The average Bonchev–Trinajstić information content (AvgIpc) is 3.19. The van der Waals surface area contributed by atoms with Gasteiger partial charge in [0.25, 0.3) is 5.91 Å². The molecule has 0 aliphatic heterocycles. The molecule has 2 aromatic rings. The summed E-state index contributed by atoms with van der Waals surface area (Å²) in [7, 11) is 0. The van der Waals surface area contributed by atoms with Gasteiger partial charge in [-0.1, -0.05) is 19.1 Å². The standard InChI is InChI=1S/C27H31FN2O3/c1-27-9-8-22-21-4-3-17(26(33)30-14-20(32)15-31)10-16(21)2-5-23(22)25(27)7-6-24(27)18-11-19(28)13-29-12-18/h3-4,6,10-13,20,22-23,25,31-32H,2,5,7-9,14-15H2,1H3,(H,30,33). The number of hydrogen-bond acceptors (Lipinski definition) is 4. The molecule has 3 aliphatic carbocycles. The summed E-state index contributed by atoms with van der Waals surface area (Å²) in [4.78, 5) is 16.6. The third-order valence-corrected chi connectivity index (χ3v) is 8.29. The highest BCUT2D eigenvalue weighted by Gasteiger charge is 2.52. The molecule has 3 aliphatic rings. The number of carbonyl (C=O) groups excluding carboxylic acids is 1. The maximum Gasteiger partial charge on any atom is 0.251 e. The van der Waals surface area contributed by atoms with E-state index in [-0.39, 0.29) is 30.3 Å². The highest BCUT2D eigenvalue weighted by Crippen LogP contribution is 2.63. The van der Waals surface area contributed by atoms with Crippen LogP contribution in [0.4, 0.5) is 4.39 Å². The van der Waals surface area contributed by atoms with Gasteiger partial charge >= 0.3 is 0 Å². The Morgan fingerprint density at radius 1 is 1.30 bits per heavy atom. The lowest BCUT2D eigenvalue weighted by atomic mass is 9.54. The van der Waals surface area contributed by atoms with Crippen LogP contribution in [0.2, 0.25) is 0 Å². The van der Waals surface area contributed by atoms with Crippen LogP contribution in [0.3, 0.4) is 0 Å². The summed E-state index contributed by atoms with van der Waals surface area (Å²) >= 11 is 0. The third-order valence-electron chi connectivity index (χ3n) is 8.29. The van der Waals surface area contributed by atoms with Crippen molar-refractivity contribution in [3.05, 3.63) is 70.8 Å². The summed E-state index contributed by atoms with van der Waals surface area (Å²) in [6.45, 7) is 2.01. The van der Waals surface area contributed by atoms with Crippen molar-refractivity contribution < 1.29 is 19.4 Å². The molecule has 3 N–H and O–H groups in total. The van der Waals surface area contributed by atoms with Crippen LogP contribution in [0.1, 0.15) is 65.6 Å². The largest absolute Gasteiger partial charge is 0.394 e. The molecule has 33 heavy (non-hydrogen) atoms. The molecule has 0 bridgehead atoms. The predicted octanol–water partition coefficient (Wildman–Crippen LogP) is 3.85. The summed E-state index contributed by atoms with van der Waals surface area (Å²) in [5, 5.41) is 21.1. The normalized spacial score (nSPS) is 28.8. The number of hydrogen-bond donors (Lipinski definition) is 3. The molecule has 174 valence electrons. The number of aliphatic hydroxyl groups excluding tert-OH is 2. The van der Waals surface area contributed by atoms with E-state index in [9.17, 15) is 14.3 Å². The lowest BCUT2D eigenvalue weighted by molar-refractivity contribution is 0.0801. The minimum absolute atomic E-state index is 0.0353. The molecular weight excluding hydrogens is 419 g/mol. The van der Waals surface area contributed by atoms with E-state index in [2.05, 4.69) is 29.4 Å². The topological polar surface area (TPSA) is 82.5 Å². The molecule has 5 nitrogen and oxygen atoms in total. The number of nitrogens with zero attached hydrogens (tertiary/aromatic N) is 1. The molecule has 1 amide bonds. The van der Waals surface area contributed by atoms with Gasteiger partial charge in [-0.2, -0.15) is 0 Å². The molecule has 5 unspecified atom stereocenters. The van der Waals surface area contributed by atoms with E-state index in [0.29, 0.717) is 23.3 Å². The van der Waals surface area contributed by atoms with Gasteiger partial charge < -0.3 is 15.5 Å². The number of allylic oxidation sites excluding steroid dienone is 2. The fraction of sp³-hybridized carbons (Fsp3) is 0.481. The summed E-state index contributed by atoms with van der Waals surface area (Å²) in [6.07, 6.45) is 9.61. The van der Waals surface area contributed by atoms with E-state index in [4.69, 9.17) is 5.11 Å². The summed E-state index contributed by atoms with van der Waals surface area (Å²) < 4.78 is 13.9. The number of pyridine rings is 1. The van der Waals surface area contributed by atoms with Gasteiger partial charge in [-0.3, -0.25) is 9.78 Å². The van der Waals surface area contributed by atoms with Crippen LogP contribution in [-0.2, 0) is 6.42 Å². The zero-order chi connectivity index (χ0) is 23.2. The van der Waals surface area contributed by atoms with E-state index in [1.165, 1.54) is 22.9 Å². The van der Waals surface area contributed by atoms with Crippen molar-refractivity contribution in [3.63, 3.8) is 0 Å². The fourth-order valence-corrected chi connectivity index (χ4v) is 6.67. The van der Waals surface area contributed by atoms with Gasteiger partial charge in [-0.05, 0) is 95.7 Å². The van der Waals surface area contributed by atoms with Crippen molar-refractivity contribution in [1.29, 1.82) is 0 Å². The third kappa shape index (κ3) is 3.89. The van der Waals surface area contributed by atoms with Gasteiger partial charge in [0.15, 0.2) is 0 Å². The smallest absolute Gasteiger partial charge is 0.251 e. The van der Waals surface area contributed by atoms with Gasteiger partial charge in [0.05, 0.1) is 18.9 Å². The van der Waals surface area contributed by atoms with Gasteiger partial charge in [0.2, 0.25) is 0 Å². The molecule has 1 heterocycles. The van der Waals surface area contributed by atoms with Crippen LogP contribution in [-0.4, -0.2) is 40.4 Å². The summed E-state index contributed by atoms with van der Waals surface area (Å²) in [6, 6.07) is 7.61. The van der Waals surface area contributed by atoms with Crippen molar-refractivity contribution in [2.24, 2.45) is 17.3 Å². The van der Waals surface area contributed by atoms with E-state index in [1.54, 1.807) is 12.3 Å². The molecule has 1 aromatic carbocycles. The number of carbonyl (C=O) groups is 1. The van der Waals surface area contributed by atoms with Crippen LogP contribution >= 0.6 is 0 Å². The zero-order valence-corrected chi connectivity index (χ0v) is 18.9. The Kier molecular flexibility index (Phi) is 5.83. The first-order valence-corrected chi connectivity index (χ1v) is 11.9. The second kappa shape index (κ2) is 8.65. The van der Waals surface area contributed by atoms with E-state index in [0.717, 1.165) is 37.7 Å². The Labute approximate surface area is 193 Å². The molecule has 0 saturated heterocycles. The Hall–Kier alpha value is -2.57. The Balaban J connectivity index is 1.35. The SMILES string of the molecule is CC12CCC3c4ccc(C(=O)NCC(O)CO)cc4CCC3C1CC=C2c1cncc(F)c1. The number of amides is 1. The molecule has 5 atom stereocenters. The number of aryl methyl sites for hydroxylation is 1. The van der Waals surface area contributed by atoms with E-state index < -0.39 is 6.10 Å². The molecule has 1 saturated carbocycles. The van der Waals surface area contributed by atoms with E-state index in [1.807, 2.05) is 12.1 Å². The number of rotatable bonds is 5. The zero-order valence-electron chi connectivity index (χ0n) is 18.9. The number of nitrogens with one attached hydrogen (secondary N) is 1. The number of halogens is 1. The van der Waals surface area contributed by atoms with Crippen LogP contribution in [0.5, 0.6) is 0 Å². The van der Waals surface area contributed by atoms with Crippen molar-refractivity contribution in [2.45, 2.75) is 51.0 Å². The number of aromatic nitrogens is 1. The molecule has 0 spiro atoms. The maximum atomic E-state index is 13.9. The fourth-order valence-electron chi connectivity index (χ4n) is 6.67. The maximum absolute atomic E-state index is 13.9. The second-order valence-electron chi connectivity index (χ2n) is 10.1. The van der Waals surface area contributed by atoms with Gasteiger partial charge in [0, 0.05) is 18.3 Å². The monoisotopic (exact) mass is 450 g/mol. The van der Waals surface area contributed by atoms with Gasteiger partial charge in [-0.25, -0.2) is 4.39 Å². The average molecular weight is 451 g/mol. The Morgan fingerprint density at radius 3 is 2.94 bits per heavy atom. The molecule has 1 fully saturated rings. The predicted molar refractivity (Wildman–Crippen MR) is 124 cm³/mol. The Bertz CT molecular complexity index is 1100. The molecular formula is C27H31FN2O3. The lowest BCUT2D eigenvalue weighted by Gasteiger charge is -2.50.